The van der Waals surface area contributed by atoms with E-state index >= 15 is 0 Å². The lowest BCUT2D eigenvalue weighted by Crippen LogP contribution is -2.12. The molecule has 2 rings (SSSR count). The average molecular weight is 269 g/mol. The molecule has 1 amide bonds. The molecule has 0 aliphatic heterocycles. The van der Waals surface area contributed by atoms with Crippen molar-refractivity contribution in [1.82, 2.24) is 5.16 Å². The highest BCUT2D eigenvalue weighted by Gasteiger charge is 2.14. The highest BCUT2D eigenvalue weighted by atomic mass is 16.5. The Morgan fingerprint density at radius 2 is 2.20 bits per heavy atom. The zero-order valence-electron chi connectivity index (χ0n) is 11.4. The summed E-state index contributed by atoms with van der Waals surface area (Å²) in [5.41, 5.74) is 8.59. The van der Waals surface area contributed by atoms with Crippen LogP contribution in [-0.4, -0.2) is 17.6 Å². The highest BCUT2D eigenvalue weighted by Crippen LogP contribution is 2.16. The molecule has 0 spiro atoms. The minimum Gasteiger partial charge on any atom is -0.351 e. The molecule has 1 aromatic carbocycles. The van der Waals surface area contributed by atoms with Gasteiger partial charge in [-0.1, -0.05) is 17.0 Å². The van der Waals surface area contributed by atoms with Crippen LogP contribution in [0, 0.1) is 25.7 Å². The lowest BCUT2D eigenvalue weighted by Gasteiger charge is -2.06. The Balaban J connectivity index is 2.17. The summed E-state index contributed by atoms with van der Waals surface area (Å²) < 4.78 is 4.91. The number of hydrogen-bond acceptors (Lipinski definition) is 4. The zero-order valence-corrected chi connectivity index (χ0v) is 11.4. The van der Waals surface area contributed by atoms with Gasteiger partial charge in [-0.2, -0.15) is 0 Å². The Hall–Kier alpha value is -2.58. The number of amides is 1. The molecule has 0 unspecified atom stereocenters. The maximum Gasteiger partial charge on any atom is 0.294 e. The summed E-state index contributed by atoms with van der Waals surface area (Å²) in [6.07, 6.45) is 1.51. The molecule has 20 heavy (non-hydrogen) atoms. The fraction of sp³-hybridized carbons (Fsp3) is 0.200. The van der Waals surface area contributed by atoms with E-state index in [1.807, 2.05) is 19.1 Å². The Labute approximate surface area is 117 Å². The van der Waals surface area contributed by atoms with E-state index in [9.17, 15) is 4.79 Å². The van der Waals surface area contributed by atoms with Gasteiger partial charge in [0, 0.05) is 16.8 Å². The number of hydrogen-bond donors (Lipinski definition) is 2. The van der Waals surface area contributed by atoms with E-state index in [1.54, 1.807) is 13.0 Å². The van der Waals surface area contributed by atoms with Gasteiger partial charge in [0.25, 0.3) is 5.91 Å². The minimum atomic E-state index is -0.319. The number of rotatable bonds is 2. The summed E-state index contributed by atoms with van der Waals surface area (Å²) in [7, 11) is 0. The van der Waals surface area contributed by atoms with E-state index < -0.39 is 0 Å². The van der Waals surface area contributed by atoms with Crippen LogP contribution in [-0.2, 0) is 0 Å². The SMILES string of the molecule is Cc1cc(NC(=O)c2oncc2C)ccc1C#CCN. The average Bonchev–Trinajstić information content (AvgIpc) is 2.84. The normalized spacial score (nSPS) is 9.75. The first-order valence-electron chi connectivity index (χ1n) is 6.14. The summed E-state index contributed by atoms with van der Waals surface area (Å²) in [5.74, 6) is 5.67. The van der Waals surface area contributed by atoms with Crippen molar-refractivity contribution in [1.29, 1.82) is 0 Å². The van der Waals surface area contributed by atoms with Gasteiger partial charge in [-0.15, -0.1) is 0 Å². The molecule has 0 atom stereocenters. The second-order valence-corrected chi connectivity index (χ2v) is 4.33. The Morgan fingerprint density at radius 3 is 2.80 bits per heavy atom. The van der Waals surface area contributed by atoms with Crippen molar-refractivity contribution < 1.29 is 9.32 Å². The summed E-state index contributed by atoms with van der Waals surface area (Å²) in [5, 5.41) is 6.35. The van der Waals surface area contributed by atoms with Gasteiger partial charge in [-0.3, -0.25) is 4.79 Å². The van der Waals surface area contributed by atoms with Crippen LogP contribution in [0.25, 0.3) is 0 Å². The molecule has 0 aliphatic carbocycles. The Kier molecular flexibility index (Phi) is 4.18. The molecule has 0 bridgehead atoms. The van der Waals surface area contributed by atoms with Gasteiger partial charge in [0.15, 0.2) is 0 Å². The number of nitrogens with two attached hydrogens (primary N) is 1. The van der Waals surface area contributed by atoms with Gasteiger partial charge in [0.05, 0.1) is 12.7 Å². The van der Waals surface area contributed by atoms with Crippen molar-refractivity contribution in [2.45, 2.75) is 13.8 Å². The monoisotopic (exact) mass is 269 g/mol. The molecule has 2 aromatic rings. The van der Waals surface area contributed by atoms with Gasteiger partial charge in [0.2, 0.25) is 5.76 Å². The van der Waals surface area contributed by atoms with Crippen LogP contribution in [0.5, 0.6) is 0 Å². The van der Waals surface area contributed by atoms with Crippen molar-refractivity contribution >= 4 is 11.6 Å². The van der Waals surface area contributed by atoms with Crippen molar-refractivity contribution in [3.63, 3.8) is 0 Å². The molecule has 5 nitrogen and oxygen atoms in total. The summed E-state index contributed by atoms with van der Waals surface area (Å²) in [6.45, 7) is 4.01. The second kappa shape index (κ2) is 6.04. The molecule has 3 N–H and O–H groups in total. The maximum atomic E-state index is 12.0. The largest absolute Gasteiger partial charge is 0.351 e. The third-order valence-electron chi connectivity index (χ3n) is 2.76. The number of anilines is 1. The summed E-state index contributed by atoms with van der Waals surface area (Å²) >= 11 is 0. The van der Waals surface area contributed by atoms with E-state index in [4.69, 9.17) is 10.3 Å². The maximum absolute atomic E-state index is 12.0. The lowest BCUT2D eigenvalue weighted by molar-refractivity contribution is 0.0987. The number of carbonyl (C=O) groups excluding carboxylic acids is 1. The summed E-state index contributed by atoms with van der Waals surface area (Å²) in [6, 6.07) is 5.49. The molecule has 0 radical (unpaired) electrons. The third-order valence-corrected chi connectivity index (χ3v) is 2.76. The quantitative estimate of drug-likeness (QED) is 0.815. The van der Waals surface area contributed by atoms with Crippen LogP contribution in [0.4, 0.5) is 5.69 Å². The van der Waals surface area contributed by atoms with Gasteiger partial charge in [-0.05, 0) is 37.6 Å². The molecule has 1 heterocycles. The predicted molar refractivity (Wildman–Crippen MR) is 76.3 cm³/mol. The van der Waals surface area contributed by atoms with Gasteiger partial charge in [-0.25, -0.2) is 0 Å². The molecular weight excluding hydrogens is 254 g/mol. The number of aryl methyl sites for hydroxylation is 2. The van der Waals surface area contributed by atoms with E-state index in [-0.39, 0.29) is 11.7 Å². The van der Waals surface area contributed by atoms with Crippen LogP contribution < -0.4 is 11.1 Å². The van der Waals surface area contributed by atoms with Gasteiger partial charge < -0.3 is 15.6 Å². The molecular formula is C15H15N3O2. The molecule has 0 aliphatic rings. The van der Waals surface area contributed by atoms with E-state index in [1.165, 1.54) is 6.20 Å². The standard InChI is InChI=1S/C15H15N3O2/c1-10-8-13(6-5-12(10)4-3-7-16)18-15(19)14-11(2)9-17-20-14/h5-6,8-9H,7,16H2,1-2H3,(H,18,19). The first-order valence-corrected chi connectivity index (χ1v) is 6.14. The van der Waals surface area contributed by atoms with Crippen LogP contribution in [0.3, 0.4) is 0 Å². The molecule has 102 valence electrons. The zero-order chi connectivity index (χ0) is 14.5. The third kappa shape index (κ3) is 3.05. The molecule has 0 saturated heterocycles. The van der Waals surface area contributed by atoms with Crippen LogP contribution in [0.15, 0.2) is 28.9 Å². The molecule has 0 saturated carbocycles. The molecule has 5 heteroatoms. The van der Waals surface area contributed by atoms with Crippen molar-refractivity contribution in [2.24, 2.45) is 5.73 Å². The number of nitrogens with one attached hydrogen (secondary N) is 1. The number of benzene rings is 1. The van der Waals surface area contributed by atoms with Gasteiger partial charge >= 0.3 is 0 Å². The summed E-state index contributed by atoms with van der Waals surface area (Å²) in [4.78, 5) is 12.0. The molecule has 1 aromatic heterocycles. The fourth-order valence-corrected chi connectivity index (χ4v) is 1.73. The second-order valence-electron chi connectivity index (χ2n) is 4.33. The topological polar surface area (TPSA) is 81.2 Å². The first kappa shape index (κ1) is 13.8. The number of aromatic nitrogens is 1. The van der Waals surface area contributed by atoms with E-state index in [0.29, 0.717) is 17.8 Å². The fourth-order valence-electron chi connectivity index (χ4n) is 1.73. The van der Waals surface area contributed by atoms with Crippen molar-refractivity contribution in [2.75, 3.05) is 11.9 Å². The Morgan fingerprint density at radius 1 is 1.40 bits per heavy atom. The number of nitrogens with zero attached hydrogens (tertiary/aromatic N) is 1. The van der Waals surface area contributed by atoms with Crippen molar-refractivity contribution in [3.8, 4) is 11.8 Å². The Bertz CT molecular complexity index is 693. The minimum absolute atomic E-state index is 0.217. The first-order chi connectivity index (χ1) is 9.61. The van der Waals surface area contributed by atoms with Crippen LogP contribution in [0.2, 0.25) is 0 Å². The van der Waals surface area contributed by atoms with Crippen LogP contribution in [0.1, 0.15) is 27.2 Å². The predicted octanol–water partition coefficient (Wildman–Crippen LogP) is 1.85. The van der Waals surface area contributed by atoms with Crippen molar-refractivity contribution in [3.05, 3.63) is 46.8 Å². The van der Waals surface area contributed by atoms with E-state index in [0.717, 1.165) is 11.1 Å². The van der Waals surface area contributed by atoms with Gasteiger partial charge in [0.1, 0.15) is 0 Å². The van der Waals surface area contributed by atoms with E-state index in [2.05, 4.69) is 22.3 Å². The smallest absolute Gasteiger partial charge is 0.294 e. The number of carbonyl (C=O) groups is 1. The lowest BCUT2D eigenvalue weighted by atomic mass is 10.1. The molecule has 0 fully saturated rings. The van der Waals surface area contributed by atoms with Crippen LogP contribution >= 0.6 is 0 Å². The highest BCUT2D eigenvalue weighted by molar-refractivity contribution is 6.03.